The lowest BCUT2D eigenvalue weighted by Gasteiger charge is -2.39. The minimum atomic E-state index is 0.516. The molecule has 0 spiro atoms. The minimum Gasteiger partial charge on any atom is -0.368 e. The molecule has 1 aromatic rings. The Bertz CT molecular complexity index is 422. The predicted octanol–water partition coefficient (Wildman–Crippen LogP) is 2.40. The summed E-state index contributed by atoms with van der Waals surface area (Å²) in [4.78, 5) is 15.7. The van der Waals surface area contributed by atoms with Crippen molar-refractivity contribution in [2.45, 2.75) is 13.0 Å². The van der Waals surface area contributed by atoms with Gasteiger partial charge in [-0.15, -0.1) is 0 Å². The van der Waals surface area contributed by atoms with Crippen molar-refractivity contribution in [1.29, 1.82) is 0 Å². The Kier molecular flexibility index (Phi) is 3.84. The van der Waals surface area contributed by atoms with Crippen molar-refractivity contribution in [1.82, 2.24) is 4.90 Å². The Labute approximate surface area is 111 Å². The molecule has 0 radical (unpaired) electrons. The molecule has 1 fully saturated rings. The van der Waals surface area contributed by atoms with Crippen LogP contribution in [0.2, 0.25) is 0 Å². The van der Waals surface area contributed by atoms with Crippen LogP contribution in [-0.4, -0.2) is 43.9 Å². The van der Waals surface area contributed by atoms with Crippen LogP contribution in [0.4, 0.5) is 5.69 Å². The molecule has 0 saturated carbocycles. The van der Waals surface area contributed by atoms with Crippen LogP contribution in [0.25, 0.3) is 0 Å². The zero-order valence-corrected chi connectivity index (χ0v) is 11.8. The quantitative estimate of drug-likeness (QED) is 0.783. The lowest BCUT2D eigenvalue weighted by molar-refractivity contribution is 0.112. The Balaban J connectivity index is 2.27. The molecule has 3 nitrogen and oxygen atoms in total. The molecule has 1 aliphatic heterocycles. The van der Waals surface area contributed by atoms with Crippen molar-refractivity contribution >= 4 is 27.9 Å². The van der Waals surface area contributed by atoms with Crippen LogP contribution in [0, 0.1) is 0 Å². The van der Waals surface area contributed by atoms with Crippen molar-refractivity contribution in [2.75, 3.05) is 31.6 Å². The first-order valence-electron chi connectivity index (χ1n) is 5.81. The van der Waals surface area contributed by atoms with Crippen LogP contribution in [0.1, 0.15) is 17.3 Å². The molecule has 2 rings (SSSR count). The molecule has 0 N–H and O–H groups in total. The smallest absolute Gasteiger partial charge is 0.152 e. The van der Waals surface area contributed by atoms with E-state index in [9.17, 15) is 4.79 Å². The Morgan fingerprint density at radius 2 is 2.18 bits per heavy atom. The highest BCUT2D eigenvalue weighted by Gasteiger charge is 2.22. The number of piperazine rings is 1. The number of rotatable bonds is 2. The highest BCUT2D eigenvalue weighted by Crippen LogP contribution is 2.26. The van der Waals surface area contributed by atoms with Crippen LogP contribution in [0.15, 0.2) is 22.7 Å². The van der Waals surface area contributed by atoms with Gasteiger partial charge in [-0.05, 0) is 32.2 Å². The molecule has 17 heavy (non-hydrogen) atoms. The van der Waals surface area contributed by atoms with E-state index in [1.165, 1.54) is 0 Å². The minimum absolute atomic E-state index is 0.516. The number of likely N-dealkylation sites (N-methyl/N-ethyl adjacent to an activating group) is 1. The van der Waals surface area contributed by atoms with Gasteiger partial charge in [-0.1, -0.05) is 15.9 Å². The van der Waals surface area contributed by atoms with E-state index in [1.54, 1.807) is 0 Å². The number of hydrogen-bond acceptors (Lipinski definition) is 3. The fourth-order valence-electron chi connectivity index (χ4n) is 2.16. The van der Waals surface area contributed by atoms with E-state index in [0.29, 0.717) is 6.04 Å². The lowest BCUT2D eigenvalue weighted by atomic mass is 10.1. The highest BCUT2D eigenvalue weighted by molar-refractivity contribution is 9.10. The van der Waals surface area contributed by atoms with E-state index in [1.807, 2.05) is 18.2 Å². The second-order valence-corrected chi connectivity index (χ2v) is 5.51. The molecule has 1 atom stereocenters. The van der Waals surface area contributed by atoms with Gasteiger partial charge >= 0.3 is 0 Å². The SMILES string of the molecule is CC1CN(c2cc(Br)ccc2C=O)CCN1C. The average molecular weight is 297 g/mol. The second-order valence-electron chi connectivity index (χ2n) is 4.60. The molecule has 1 unspecified atom stereocenters. The molecule has 1 aliphatic rings. The van der Waals surface area contributed by atoms with E-state index in [0.717, 1.165) is 41.6 Å². The fraction of sp³-hybridized carbons (Fsp3) is 0.462. The van der Waals surface area contributed by atoms with Crippen molar-refractivity contribution in [3.63, 3.8) is 0 Å². The third kappa shape index (κ3) is 2.69. The molecule has 0 amide bonds. The maximum atomic E-state index is 11.1. The van der Waals surface area contributed by atoms with Crippen molar-refractivity contribution in [3.8, 4) is 0 Å². The summed E-state index contributed by atoms with van der Waals surface area (Å²) < 4.78 is 1.02. The predicted molar refractivity (Wildman–Crippen MR) is 73.8 cm³/mol. The molecule has 0 bridgehead atoms. The van der Waals surface area contributed by atoms with Gasteiger partial charge in [0.1, 0.15) is 0 Å². The van der Waals surface area contributed by atoms with Crippen molar-refractivity contribution in [2.24, 2.45) is 0 Å². The summed E-state index contributed by atoms with van der Waals surface area (Å²) in [5.74, 6) is 0. The lowest BCUT2D eigenvalue weighted by Crippen LogP contribution is -2.50. The molecule has 92 valence electrons. The number of carbonyl (C=O) groups is 1. The van der Waals surface area contributed by atoms with Crippen LogP contribution in [-0.2, 0) is 0 Å². The molecule has 1 aromatic carbocycles. The number of halogens is 1. The van der Waals surface area contributed by atoms with Gasteiger partial charge < -0.3 is 9.80 Å². The van der Waals surface area contributed by atoms with E-state index in [4.69, 9.17) is 0 Å². The molecule has 0 aliphatic carbocycles. The van der Waals surface area contributed by atoms with Crippen LogP contribution in [0.3, 0.4) is 0 Å². The van der Waals surface area contributed by atoms with Gasteiger partial charge in [-0.25, -0.2) is 0 Å². The maximum absolute atomic E-state index is 11.1. The van der Waals surface area contributed by atoms with Crippen LogP contribution in [0.5, 0.6) is 0 Å². The third-order valence-electron chi connectivity index (χ3n) is 3.42. The zero-order valence-electron chi connectivity index (χ0n) is 10.2. The van der Waals surface area contributed by atoms with Gasteiger partial charge in [-0.2, -0.15) is 0 Å². The first-order chi connectivity index (χ1) is 8.11. The van der Waals surface area contributed by atoms with Crippen molar-refractivity contribution in [3.05, 3.63) is 28.2 Å². The van der Waals surface area contributed by atoms with E-state index >= 15 is 0 Å². The van der Waals surface area contributed by atoms with Gasteiger partial charge in [0.2, 0.25) is 0 Å². The third-order valence-corrected chi connectivity index (χ3v) is 3.91. The molecule has 1 heterocycles. The second kappa shape index (κ2) is 5.19. The first-order valence-corrected chi connectivity index (χ1v) is 6.61. The van der Waals surface area contributed by atoms with E-state index in [-0.39, 0.29) is 0 Å². The first kappa shape index (κ1) is 12.6. The summed E-state index contributed by atoms with van der Waals surface area (Å²) in [7, 11) is 2.14. The van der Waals surface area contributed by atoms with Gasteiger partial charge in [0.05, 0.1) is 0 Å². The Hall–Kier alpha value is -0.870. The summed E-state index contributed by atoms with van der Waals surface area (Å²) in [6.45, 7) is 5.18. The van der Waals surface area contributed by atoms with Crippen LogP contribution >= 0.6 is 15.9 Å². The van der Waals surface area contributed by atoms with Crippen LogP contribution < -0.4 is 4.90 Å². The summed E-state index contributed by atoms with van der Waals surface area (Å²) >= 11 is 3.47. The zero-order chi connectivity index (χ0) is 12.4. The molecule has 4 heteroatoms. The summed E-state index contributed by atoms with van der Waals surface area (Å²) in [6, 6.07) is 6.33. The average Bonchev–Trinajstić information content (AvgIpc) is 2.32. The van der Waals surface area contributed by atoms with Gasteiger partial charge in [0.25, 0.3) is 0 Å². The number of anilines is 1. The van der Waals surface area contributed by atoms with Crippen molar-refractivity contribution < 1.29 is 4.79 Å². The highest BCUT2D eigenvalue weighted by atomic mass is 79.9. The van der Waals surface area contributed by atoms with Gasteiger partial charge in [0.15, 0.2) is 6.29 Å². The normalized spacial score (nSPS) is 21.6. The molecular formula is C13H17BrN2O. The number of benzene rings is 1. The fourth-order valence-corrected chi connectivity index (χ4v) is 2.51. The molecule has 0 aromatic heterocycles. The topological polar surface area (TPSA) is 23.6 Å². The number of hydrogen-bond donors (Lipinski definition) is 0. The Morgan fingerprint density at radius 3 is 2.82 bits per heavy atom. The standard InChI is InChI=1S/C13H17BrN2O/c1-10-8-16(6-5-15(10)2)13-7-12(14)4-3-11(13)9-17/h3-4,7,9-10H,5-6,8H2,1-2H3. The molecular weight excluding hydrogens is 280 g/mol. The van der Waals surface area contributed by atoms with E-state index < -0.39 is 0 Å². The maximum Gasteiger partial charge on any atom is 0.152 e. The van der Waals surface area contributed by atoms with Gasteiger partial charge in [0, 0.05) is 41.4 Å². The Morgan fingerprint density at radius 1 is 1.41 bits per heavy atom. The number of nitrogens with zero attached hydrogens (tertiary/aromatic N) is 2. The molecule has 1 saturated heterocycles. The van der Waals surface area contributed by atoms with E-state index in [2.05, 4.69) is 39.7 Å². The number of aldehydes is 1. The summed E-state index contributed by atoms with van der Waals surface area (Å²) in [5, 5.41) is 0. The monoisotopic (exact) mass is 296 g/mol. The largest absolute Gasteiger partial charge is 0.368 e. The summed E-state index contributed by atoms with van der Waals surface area (Å²) in [6.07, 6.45) is 0.935. The summed E-state index contributed by atoms with van der Waals surface area (Å²) in [5.41, 5.74) is 1.80. The van der Waals surface area contributed by atoms with Gasteiger partial charge in [-0.3, -0.25) is 4.79 Å². The number of carbonyl (C=O) groups excluding carboxylic acids is 1.